The molecule has 0 bridgehead atoms. The predicted molar refractivity (Wildman–Crippen MR) is 92.2 cm³/mol. The van der Waals surface area contributed by atoms with Crippen LogP contribution in [0.3, 0.4) is 0 Å². The largest absolute Gasteiger partial charge is 0.350 e. The molecule has 1 heterocycles. The van der Waals surface area contributed by atoms with Crippen molar-refractivity contribution in [2.75, 3.05) is 0 Å². The van der Waals surface area contributed by atoms with Crippen LogP contribution in [0.2, 0.25) is 0 Å². The van der Waals surface area contributed by atoms with Crippen molar-refractivity contribution in [1.29, 1.82) is 0 Å². The molecule has 4 nitrogen and oxygen atoms in total. The Hall–Kier alpha value is -2.62. The molecular weight excluding hydrogens is 286 g/mol. The second kappa shape index (κ2) is 6.24. The molecule has 0 atom stereocenters. The Morgan fingerprint density at radius 3 is 2.52 bits per heavy atom. The van der Waals surface area contributed by atoms with E-state index in [2.05, 4.69) is 55.3 Å². The number of carbonyl (C=O) groups excluding carboxylic acids is 1. The Labute approximate surface area is 136 Å². The number of benzene rings is 2. The van der Waals surface area contributed by atoms with E-state index >= 15 is 0 Å². The Balaban J connectivity index is 1.68. The van der Waals surface area contributed by atoms with Crippen LogP contribution >= 0.6 is 0 Å². The molecule has 3 rings (SSSR count). The number of nitrogens with one attached hydrogen (secondary N) is 1. The number of aryl methyl sites for hydroxylation is 3. The highest BCUT2D eigenvalue weighted by Crippen LogP contribution is 2.18. The fraction of sp³-hybridized carbons (Fsp3) is 0.263. The standard InChI is InChI=1S/C19H21N3O/c1-13-4-6-16(7-5-13)10-20-19(23)11-22-12-21-17-8-14(2)15(3)9-18(17)22/h4-9,12H,10-11H2,1-3H3,(H,20,23). The molecular formula is C19H21N3O. The van der Waals surface area contributed by atoms with Crippen molar-refractivity contribution in [1.82, 2.24) is 14.9 Å². The molecule has 0 unspecified atom stereocenters. The van der Waals surface area contributed by atoms with E-state index in [4.69, 9.17) is 0 Å². The quantitative estimate of drug-likeness (QED) is 0.804. The van der Waals surface area contributed by atoms with Gasteiger partial charge < -0.3 is 9.88 Å². The third kappa shape index (κ3) is 3.42. The van der Waals surface area contributed by atoms with E-state index in [1.165, 1.54) is 16.7 Å². The number of imidazole rings is 1. The maximum Gasteiger partial charge on any atom is 0.240 e. The molecule has 0 aliphatic rings. The zero-order valence-corrected chi connectivity index (χ0v) is 13.8. The molecule has 3 aromatic rings. The number of rotatable bonds is 4. The monoisotopic (exact) mass is 307 g/mol. The second-order valence-electron chi connectivity index (χ2n) is 6.06. The summed E-state index contributed by atoms with van der Waals surface area (Å²) in [4.78, 5) is 16.6. The Kier molecular flexibility index (Phi) is 4.15. The number of carbonyl (C=O) groups is 1. The third-order valence-corrected chi connectivity index (χ3v) is 4.16. The first-order valence-corrected chi connectivity index (χ1v) is 7.77. The maximum atomic E-state index is 12.2. The molecule has 0 fully saturated rings. The zero-order chi connectivity index (χ0) is 16.4. The molecule has 0 saturated carbocycles. The highest BCUT2D eigenvalue weighted by molar-refractivity contribution is 5.81. The van der Waals surface area contributed by atoms with Gasteiger partial charge in [-0.1, -0.05) is 29.8 Å². The first-order valence-electron chi connectivity index (χ1n) is 7.77. The summed E-state index contributed by atoms with van der Waals surface area (Å²) >= 11 is 0. The van der Waals surface area contributed by atoms with Gasteiger partial charge in [-0.3, -0.25) is 4.79 Å². The summed E-state index contributed by atoms with van der Waals surface area (Å²) < 4.78 is 1.90. The van der Waals surface area contributed by atoms with Crippen LogP contribution in [0.25, 0.3) is 11.0 Å². The van der Waals surface area contributed by atoms with E-state index in [1.807, 2.05) is 16.7 Å². The van der Waals surface area contributed by atoms with E-state index in [9.17, 15) is 4.79 Å². The van der Waals surface area contributed by atoms with Gasteiger partial charge in [0.15, 0.2) is 0 Å². The van der Waals surface area contributed by atoms with Crippen molar-refractivity contribution < 1.29 is 4.79 Å². The van der Waals surface area contributed by atoms with Crippen LogP contribution in [0.1, 0.15) is 22.3 Å². The topological polar surface area (TPSA) is 46.9 Å². The number of hydrogen-bond acceptors (Lipinski definition) is 2. The van der Waals surface area contributed by atoms with Gasteiger partial charge in [-0.05, 0) is 49.6 Å². The fourth-order valence-electron chi connectivity index (χ4n) is 2.56. The van der Waals surface area contributed by atoms with Gasteiger partial charge in [0, 0.05) is 6.54 Å². The minimum atomic E-state index is -0.0110. The minimum absolute atomic E-state index is 0.0110. The first-order chi connectivity index (χ1) is 11.0. The van der Waals surface area contributed by atoms with E-state index in [1.54, 1.807) is 6.33 Å². The number of aromatic nitrogens is 2. The molecule has 1 aromatic heterocycles. The van der Waals surface area contributed by atoms with Gasteiger partial charge in [0.2, 0.25) is 5.91 Å². The van der Waals surface area contributed by atoms with Crippen LogP contribution in [0.15, 0.2) is 42.7 Å². The van der Waals surface area contributed by atoms with Crippen molar-refractivity contribution >= 4 is 16.9 Å². The average molecular weight is 307 g/mol. The molecule has 23 heavy (non-hydrogen) atoms. The highest BCUT2D eigenvalue weighted by Gasteiger charge is 2.08. The van der Waals surface area contributed by atoms with Gasteiger partial charge in [-0.15, -0.1) is 0 Å². The lowest BCUT2D eigenvalue weighted by Crippen LogP contribution is -2.26. The minimum Gasteiger partial charge on any atom is -0.350 e. The maximum absolute atomic E-state index is 12.2. The van der Waals surface area contributed by atoms with Gasteiger partial charge in [0.25, 0.3) is 0 Å². The van der Waals surface area contributed by atoms with Crippen LogP contribution in [-0.4, -0.2) is 15.5 Å². The zero-order valence-electron chi connectivity index (χ0n) is 13.8. The Bertz CT molecular complexity index is 847. The summed E-state index contributed by atoms with van der Waals surface area (Å²) in [5.74, 6) is -0.0110. The Morgan fingerprint density at radius 2 is 1.78 bits per heavy atom. The lowest BCUT2D eigenvalue weighted by Gasteiger charge is -2.08. The summed E-state index contributed by atoms with van der Waals surface area (Å²) in [7, 11) is 0. The predicted octanol–water partition coefficient (Wildman–Crippen LogP) is 3.28. The highest BCUT2D eigenvalue weighted by atomic mass is 16.1. The van der Waals surface area contributed by atoms with Crippen LogP contribution in [0.5, 0.6) is 0 Å². The first kappa shape index (κ1) is 15.3. The normalized spacial score (nSPS) is 10.9. The molecule has 0 aliphatic carbocycles. The lowest BCUT2D eigenvalue weighted by atomic mass is 10.1. The number of amides is 1. The van der Waals surface area contributed by atoms with Crippen LogP contribution < -0.4 is 5.32 Å². The summed E-state index contributed by atoms with van der Waals surface area (Å²) in [5.41, 5.74) is 6.67. The molecule has 118 valence electrons. The van der Waals surface area contributed by atoms with Crippen molar-refractivity contribution in [2.24, 2.45) is 0 Å². The van der Waals surface area contributed by atoms with Crippen molar-refractivity contribution in [3.63, 3.8) is 0 Å². The summed E-state index contributed by atoms with van der Waals surface area (Å²) in [5, 5.41) is 2.96. The van der Waals surface area contributed by atoms with Crippen molar-refractivity contribution in [3.05, 3.63) is 65.0 Å². The summed E-state index contributed by atoms with van der Waals surface area (Å²) in [6.07, 6.45) is 1.73. The molecule has 2 aromatic carbocycles. The molecule has 1 amide bonds. The van der Waals surface area contributed by atoms with E-state index in [0.717, 1.165) is 16.6 Å². The van der Waals surface area contributed by atoms with Gasteiger partial charge in [0.1, 0.15) is 6.54 Å². The van der Waals surface area contributed by atoms with Gasteiger partial charge in [-0.2, -0.15) is 0 Å². The van der Waals surface area contributed by atoms with Crippen molar-refractivity contribution in [2.45, 2.75) is 33.9 Å². The Morgan fingerprint density at radius 1 is 1.09 bits per heavy atom. The third-order valence-electron chi connectivity index (χ3n) is 4.16. The lowest BCUT2D eigenvalue weighted by molar-refractivity contribution is -0.121. The SMILES string of the molecule is Cc1ccc(CNC(=O)Cn2cnc3cc(C)c(C)cc32)cc1. The number of nitrogens with zero attached hydrogens (tertiary/aromatic N) is 2. The van der Waals surface area contributed by atoms with Gasteiger partial charge >= 0.3 is 0 Å². The molecule has 4 heteroatoms. The van der Waals surface area contributed by atoms with Gasteiger partial charge in [-0.25, -0.2) is 4.98 Å². The fourth-order valence-corrected chi connectivity index (χ4v) is 2.56. The van der Waals surface area contributed by atoms with Crippen LogP contribution in [-0.2, 0) is 17.9 Å². The molecule has 0 aliphatic heterocycles. The smallest absolute Gasteiger partial charge is 0.240 e. The van der Waals surface area contributed by atoms with Crippen molar-refractivity contribution in [3.8, 4) is 0 Å². The van der Waals surface area contributed by atoms with E-state index in [0.29, 0.717) is 6.54 Å². The molecule has 0 saturated heterocycles. The van der Waals surface area contributed by atoms with Crippen LogP contribution in [0.4, 0.5) is 0 Å². The average Bonchev–Trinajstić information content (AvgIpc) is 2.89. The van der Waals surface area contributed by atoms with E-state index < -0.39 is 0 Å². The number of fused-ring (bicyclic) bond motifs is 1. The summed E-state index contributed by atoms with van der Waals surface area (Å²) in [6.45, 7) is 7.02. The van der Waals surface area contributed by atoms with Gasteiger partial charge in [0.05, 0.1) is 17.4 Å². The molecule has 1 N–H and O–H groups in total. The number of hydrogen-bond donors (Lipinski definition) is 1. The second-order valence-corrected chi connectivity index (χ2v) is 6.06. The molecule has 0 spiro atoms. The van der Waals surface area contributed by atoms with E-state index in [-0.39, 0.29) is 12.5 Å². The summed E-state index contributed by atoms with van der Waals surface area (Å²) in [6, 6.07) is 12.3. The molecule has 0 radical (unpaired) electrons. The van der Waals surface area contributed by atoms with Crippen LogP contribution in [0, 0.1) is 20.8 Å².